The standard InChI is InChI=1S/C9H7.C5H5.2C3H2O2.C2H6Si.Ti/c1-2-5-9-7-3-6-8(9)4-1;1-2-4-5-3-1;2*1-2-3(4)5;1-3-2;/h1-7H;1-3H,4H2;2*1H,(H,4,5);1-2H3;/q;;;;;+2/p-2. The van der Waals surface area contributed by atoms with E-state index in [0.717, 1.165) is 15.0 Å². The van der Waals surface area contributed by atoms with Gasteiger partial charge in [0.2, 0.25) is 0 Å². The molecule has 0 saturated heterocycles. The zero-order valence-corrected chi connectivity index (χ0v) is 18.3. The molecule has 6 heteroatoms. The molecule has 3 rings (SSSR count). The van der Waals surface area contributed by atoms with E-state index in [2.05, 4.69) is 11.8 Å². The summed E-state index contributed by atoms with van der Waals surface area (Å²) in [5.41, 5.74) is 1.97. The summed E-state index contributed by atoms with van der Waals surface area (Å²) in [4.78, 5) is 25.0. The van der Waals surface area contributed by atoms with Gasteiger partial charge in [0.05, 0.1) is 0 Å². The first-order valence-electron chi connectivity index (χ1n) is 8.88. The van der Waals surface area contributed by atoms with Gasteiger partial charge in [0.25, 0.3) is 0 Å². The molecule has 2 aliphatic rings. The van der Waals surface area contributed by atoms with Gasteiger partial charge in [-0.25, -0.2) is 0 Å². The van der Waals surface area contributed by atoms with Gasteiger partial charge in [-0.2, -0.15) is 0 Å². The Hall–Kier alpha value is -2.57. The number of rotatable bonds is 4. The van der Waals surface area contributed by atoms with Crippen molar-refractivity contribution in [3.05, 3.63) is 63.6 Å². The molecule has 2 aliphatic carbocycles. The van der Waals surface area contributed by atoms with Crippen LogP contribution in [0.25, 0.3) is 6.08 Å². The van der Waals surface area contributed by atoms with E-state index in [1.807, 2.05) is 67.7 Å². The number of benzene rings is 1. The van der Waals surface area contributed by atoms with E-state index in [1.54, 1.807) is 0 Å². The minimum atomic E-state index is -5.11. The molecule has 140 valence electrons. The molecule has 0 spiro atoms. The van der Waals surface area contributed by atoms with Crippen LogP contribution in [0.1, 0.15) is 21.8 Å². The molecule has 0 radical (unpaired) electrons. The molecular weight excluding hydrogens is 404 g/mol. The molecule has 0 bridgehead atoms. The number of carbonyl (C=O) groups is 2. The van der Waals surface area contributed by atoms with Crippen LogP contribution in [0.2, 0.25) is 13.1 Å². The maximum atomic E-state index is 12.5. The van der Waals surface area contributed by atoms with Crippen LogP contribution in [0.4, 0.5) is 0 Å². The quantitative estimate of drug-likeness (QED) is 0.546. The summed E-state index contributed by atoms with van der Waals surface area (Å²) >= 11 is -5.11. The summed E-state index contributed by atoms with van der Waals surface area (Å²) in [7, 11) is 0. The van der Waals surface area contributed by atoms with Crippen molar-refractivity contribution >= 4 is 24.2 Å². The second-order valence-corrected chi connectivity index (χ2v) is 23.8. The summed E-state index contributed by atoms with van der Waals surface area (Å²) < 4.78 is 12.9. The van der Waals surface area contributed by atoms with Crippen LogP contribution in [0.15, 0.2) is 52.4 Å². The first-order chi connectivity index (χ1) is 13.4. The third-order valence-corrected chi connectivity index (χ3v) is 26.6. The summed E-state index contributed by atoms with van der Waals surface area (Å²) in [6, 6.07) is 7.82. The van der Waals surface area contributed by atoms with Crippen LogP contribution < -0.4 is 0 Å². The molecule has 1 atom stereocenters. The van der Waals surface area contributed by atoms with Gasteiger partial charge in [0, 0.05) is 0 Å². The van der Waals surface area contributed by atoms with Crippen molar-refractivity contribution in [3.8, 4) is 24.7 Å². The number of carbonyl (C=O) groups excluding carboxylic acids is 2. The average molecular weight is 424 g/mol. The summed E-state index contributed by atoms with van der Waals surface area (Å²) in [5, 5.41) is 0. The van der Waals surface area contributed by atoms with Crippen LogP contribution in [-0.4, -0.2) is 18.1 Å². The molecule has 1 aromatic rings. The number of hydrogen-bond acceptors (Lipinski definition) is 4. The van der Waals surface area contributed by atoms with Crippen molar-refractivity contribution in [1.82, 2.24) is 0 Å². The molecule has 0 aromatic heterocycles. The van der Waals surface area contributed by atoms with Crippen LogP contribution >= 0.6 is 0 Å². The Bertz CT molecular complexity index is 1090. The first kappa shape index (κ1) is 20.2. The fourth-order valence-corrected chi connectivity index (χ4v) is 22.6. The van der Waals surface area contributed by atoms with E-state index in [4.69, 9.17) is 19.5 Å². The Morgan fingerprint density at radius 2 is 1.79 bits per heavy atom. The van der Waals surface area contributed by atoms with Crippen molar-refractivity contribution in [2.45, 2.75) is 23.7 Å². The Balaban J connectivity index is 2.45. The molecule has 1 aromatic carbocycles. The number of terminal acetylenes is 2. The Morgan fingerprint density at radius 1 is 1.14 bits per heavy atom. The Morgan fingerprint density at radius 3 is 2.32 bits per heavy atom. The second kappa shape index (κ2) is 7.45. The molecule has 28 heavy (non-hydrogen) atoms. The predicted octanol–water partition coefficient (Wildman–Crippen LogP) is 3.72. The number of fused-ring (bicyclic) bond motifs is 1. The van der Waals surface area contributed by atoms with E-state index < -0.39 is 32.9 Å². The molecule has 0 N–H and O–H groups in total. The average Bonchev–Trinajstić information content (AvgIpc) is 3.37. The summed E-state index contributed by atoms with van der Waals surface area (Å²) in [6.45, 7) is 4.01. The molecule has 0 saturated carbocycles. The molecule has 1 unspecified atom stereocenters. The van der Waals surface area contributed by atoms with E-state index >= 15 is 0 Å². The number of hydrogen-bond donors (Lipinski definition) is 0. The summed E-state index contributed by atoms with van der Waals surface area (Å²) in [6.07, 6.45) is 19.4. The van der Waals surface area contributed by atoms with Gasteiger partial charge < -0.3 is 0 Å². The first-order valence-corrected chi connectivity index (χ1v) is 16.7. The molecule has 0 heterocycles. The Labute approximate surface area is 166 Å². The fraction of sp³-hybridized carbons (Fsp3) is 0.182. The van der Waals surface area contributed by atoms with Gasteiger partial charge in [0.1, 0.15) is 0 Å². The Kier molecular flexibility index (Phi) is 5.37. The second-order valence-electron chi connectivity index (χ2n) is 7.00. The monoisotopic (exact) mass is 424 g/mol. The van der Waals surface area contributed by atoms with Gasteiger partial charge in [0.15, 0.2) is 0 Å². The van der Waals surface area contributed by atoms with Gasteiger partial charge >= 0.3 is 167 Å². The minimum absolute atomic E-state index is 0.377. The van der Waals surface area contributed by atoms with E-state index in [9.17, 15) is 9.59 Å². The molecule has 0 fully saturated rings. The molecule has 0 amide bonds. The van der Waals surface area contributed by atoms with Gasteiger partial charge in [-0.1, -0.05) is 0 Å². The third-order valence-electron chi connectivity index (χ3n) is 5.52. The SMILES string of the molecule is C#CC(=O)[O][Ti]([O]C(=O)C#C)([C]1=CC=CC1)([CH]1C=Cc2ccccc21)=[Si](C)C. The predicted molar refractivity (Wildman–Crippen MR) is 107 cm³/mol. The topological polar surface area (TPSA) is 52.6 Å². The zero-order chi connectivity index (χ0) is 20.4. The van der Waals surface area contributed by atoms with Crippen LogP contribution in [0.5, 0.6) is 0 Å². The van der Waals surface area contributed by atoms with Crippen LogP contribution in [0.3, 0.4) is 0 Å². The third kappa shape index (κ3) is 2.84. The number of allylic oxidation sites excluding steroid dienone is 5. The van der Waals surface area contributed by atoms with Crippen LogP contribution in [-0.2, 0) is 31.0 Å². The zero-order valence-electron chi connectivity index (χ0n) is 15.8. The normalized spacial score (nSPS) is 17.2. The maximum absolute atomic E-state index is 12.5. The van der Waals surface area contributed by atoms with Crippen molar-refractivity contribution in [2.75, 3.05) is 0 Å². The van der Waals surface area contributed by atoms with E-state index in [-0.39, 0.29) is 4.22 Å². The molecule has 4 nitrogen and oxygen atoms in total. The van der Waals surface area contributed by atoms with Crippen molar-refractivity contribution in [2.24, 2.45) is 0 Å². The van der Waals surface area contributed by atoms with Crippen molar-refractivity contribution in [1.29, 1.82) is 0 Å². The van der Waals surface area contributed by atoms with Crippen molar-refractivity contribution < 1.29 is 31.0 Å². The van der Waals surface area contributed by atoms with E-state index in [0.29, 0.717) is 6.42 Å². The van der Waals surface area contributed by atoms with Gasteiger partial charge in [-0.15, -0.1) is 0 Å². The van der Waals surface area contributed by atoms with Gasteiger partial charge in [-0.3, -0.25) is 0 Å². The van der Waals surface area contributed by atoms with Crippen LogP contribution in [0, 0.1) is 24.7 Å². The van der Waals surface area contributed by atoms with Crippen molar-refractivity contribution in [3.63, 3.8) is 0 Å². The summed E-state index contributed by atoms with van der Waals surface area (Å²) in [5.74, 6) is 2.46. The molecular formula is C22H20O4SiTi. The van der Waals surface area contributed by atoms with E-state index in [1.165, 1.54) is 0 Å². The molecule has 0 aliphatic heterocycles. The fourth-order valence-electron chi connectivity index (χ4n) is 4.25. The van der Waals surface area contributed by atoms with Gasteiger partial charge in [-0.05, 0) is 0 Å².